The average Bonchev–Trinajstić information content (AvgIpc) is 2.20. The molecule has 0 aromatic heterocycles. The highest BCUT2D eigenvalue weighted by Crippen LogP contribution is 2.26. The molecule has 0 saturated heterocycles. The van der Waals surface area contributed by atoms with Crippen LogP contribution in [0.4, 0.5) is 15.8 Å². The van der Waals surface area contributed by atoms with Crippen molar-refractivity contribution in [2.75, 3.05) is 23.9 Å². The molecule has 0 radical (unpaired) electrons. The number of benzene rings is 1. The van der Waals surface area contributed by atoms with E-state index in [2.05, 4.69) is 5.32 Å². The van der Waals surface area contributed by atoms with E-state index in [0.717, 1.165) is 0 Å². The van der Waals surface area contributed by atoms with E-state index in [9.17, 15) is 8.60 Å². The van der Waals surface area contributed by atoms with Crippen LogP contribution < -0.4 is 11.1 Å². The molecule has 0 aliphatic rings. The van der Waals surface area contributed by atoms with Crippen LogP contribution in [0.25, 0.3) is 0 Å². The fourth-order valence-corrected chi connectivity index (χ4v) is 1.58. The molecule has 2 atom stereocenters. The lowest BCUT2D eigenvalue weighted by molar-refractivity contribution is 0.629. The van der Waals surface area contributed by atoms with Crippen molar-refractivity contribution < 1.29 is 8.60 Å². The van der Waals surface area contributed by atoms with Gasteiger partial charge in [0, 0.05) is 34.9 Å². The number of hydrogen-bond donors (Lipinski definition) is 2. The van der Waals surface area contributed by atoms with Crippen LogP contribution in [0.1, 0.15) is 6.92 Å². The molecule has 16 heavy (non-hydrogen) atoms. The summed E-state index contributed by atoms with van der Waals surface area (Å²) in [4.78, 5) is 0. The summed E-state index contributed by atoms with van der Waals surface area (Å²) >= 11 is 5.57. The lowest BCUT2D eigenvalue weighted by Gasteiger charge is -2.13. The third-order valence-corrected chi connectivity index (χ3v) is 3.83. The molecule has 0 fully saturated rings. The Morgan fingerprint density at radius 2 is 2.25 bits per heavy atom. The molecule has 1 aromatic carbocycles. The van der Waals surface area contributed by atoms with Crippen molar-refractivity contribution in [2.24, 2.45) is 0 Å². The van der Waals surface area contributed by atoms with Gasteiger partial charge in [-0.2, -0.15) is 0 Å². The molecule has 0 saturated carbocycles. The first-order valence-corrected chi connectivity index (χ1v) is 6.72. The highest BCUT2D eigenvalue weighted by Gasteiger charge is 2.09. The minimum absolute atomic E-state index is 0.00448. The Balaban J connectivity index is 2.74. The van der Waals surface area contributed by atoms with Gasteiger partial charge in [-0.1, -0.05) is 11.6 Å². The first-order valence-electron chi connectivity index (χ1n) is 4.72. The van der Waals surface area contributed by atoms with Gasteiger partial charge in [-0.25, -0.2) is 4.39 Å². The van der Waals surface area contributed by atoms with Crippen LogP contribution in [-0.4, -0.2) is 22.3 Å². The molecule has 90 valence electrons. The number of nitrogen functional groups attached to an aromatic ring is 1. The van der Waals surface area contributed by atoms with Crippen LogP contribution in [-0.2, 0) is 10.8 Å². The lowest BCUT2D eigenvalue weighted by Crippen LogP contribution is -2.21. The summed E-state index contributed by atoms with van der Waals surface area (Å²) < 4.78 is 24.3. The molecule has 0 bridgehead atoms. The maximum absolute atomic E-state index is 13.2. The molecule has 0 aliphatic carbocycles. The molecule has 1 aromatic rings. The van der Waals surface area contributed by atoms with Crippen LogP contribution in [0.3, 0.4) is 0 Å². The van der Waals surface area contributed by atoms with Crippen molar-refractivity contribution in [1.29, 1.82) is 0 Å². The smallest absolute Gasteiger partial charge is 0.143 e. The van der Waals surface area contributed by atoms with Crippen LogP contribution in [0.15, 0.2) is 12.1 Å². The maximum Gasteiger partial charge on any atom is 0.143 e. The van der Waals surface area contributed by atoms with Gasteiger partial charge < -0.3 is 11.1 Å². The molecule has 2 unspecified atom stereocenters. The number of nitrogens with two attached hydrogens (primary N) is 1. The molecule has 0 amide bonds. The Labute approximate surface area is 102 Å². The third kappa shape index (κ3) is 3.35. The highest BCUT2D eigenvalue weighted by molar-refractivity contribution is 7.84. The Hall–Kier alpha value is -0.810. The molecule has 0 spiro atoms. The Morgan fingerprint density at radius 3 is 2.81 bits per heavy atom. The number of hydrogen-bond acceptors (Lipinski definition) is 3. The fraction of sp³-hybridized carbons (Fsp3) is 0.400. The second-order valence-corrected chi connectivity index (χ2v) is 5.75. The van der Waals surface area contributed by atoms with E-state index < -0.39 is 16.6 Å². The molecule has 0 aliphatic heterocycles. The van der Waals surface area contributed by atoms with Gasteiger partial charge >= 0.3 is 0 Å². The predicted octanol–water partition coefficient (Wildman–Crippen LogP) is 2.24. The monoisotopic (exact) mass is 264 g/mol. The normalized spacial score (nSPS) is 14.5. The molecule has 3 nitrogen and oxygen atoms in total. The molecule has 6 heteroatoms. The second kappa shape index (κ2) is 5.50. The van der Waals surface area contributed by atoms with Crippen LogP contribution in [0.2, 0.25) is 5.02 Å². The third-order valence-electron chi connectivity index (χ3n) is 2.24. The summed E-state index contributed by atoms with van der Waals surface area (Å²) in [5, 5.41) is 2.91. The van der Waals surface area contributed by atoms with E-state index in [0.29, 0.717) is 17.9 Å². The van der Waals surface area contributed by atoms with Crippen LogP contribution >= 0.6 is 11.6 Å². The Bertz CT molecular complexity index is 414. The number of anilines is 2. The molecule has 0 heterocycles. The molecular formula is C10H14ClFN2OS. The lowest BCUT2D eigenvalue weighted by atomic mass is 10.2. The van der Waals surface area contributed by atoms with E-state index in [1.165, 1.54) is 12.1 Å². The first kappa shape index (κ1) is 13.3. The number of rotatable bonds is 4. The van der Waals surface area contributed by atoms with Gasteiger partial charge in [0.1, 0.15) is 5.82 Å². The van der Waals surface area contributed by atoms with Gasteiger partial charge in [0.15, 0.2) is 0 Å². The first-order chi connectivity index (χ1) is 7.41. The van der Waals surface area contributed by atoms with E-state index in [1.54, 1.807) is 6.26 Å². The van der Waals surface area contributed by atoms with Crippen molar-refractivity contribution in [3.8, 4) is 0 Å². The average molecular weight is 265 g/mol. The van der Waals surface area contributed by atoms with E-state index in [4.69, 9.17) is 17.3 Å². The summed E-state index contributed by atoms with van der Waals surface area (Å²) in [6.45, 7) is 2.31. The topological polar surface area (TPSA) is 55.1 Å². The minimum atomic E-state index is -0.923. The number of halogens is 2. The summed E-state index contributed by atoms with van der Waals surface area (Å²) in [7, 11) is -0.923. The van der Waals surface area contributed by atoms with Crippen LogP contribution in [0.5, 0.6) is 0 Å². The van der Waals surface area contributed by atoms with E-state index in [-0.39, 0.29) is 10.3 Å². The van der Waals surface area contributed by atoms with Crippen molar-refractivity contribution in [2.45, 2.75) is 12.2 Å². The highest BCUT2D eigenvalue weighted by atomic mass is 35.5. The minimum Gasteiger partial charge on any atom is -0.397 e. The van der Waals surface area contributed by atoms with E-state index >= 15 is 0 Å². The summed E-state index contributed by atoms with van der Waals surface area (Å²) in [5.41, 5.74) is 6.51. The fourth-order valence-electron chi connectivity index (χ4n) is 1.09. The molecule has 1 rings (SSSR count). The van der Waals surface area contributed by atoms with Gasteiger partial charge in [0.05, 0.1) is 16.4 Å². The summed E-state index contributed by atoms with van der Waals surface area (Å²) in [6, 6.07) is 2.59. The largest absolute Gasteiger partial charge is 0.397 e. The quantitative estimate of drug-likeness (QED) is 0.820. The SMILES string of the molecule is CC(CNc1cc(F)c(Cl)cc1N)S(C)=O. The van der Waals surface area contributed by atoms with Gasteiger partial charge in [0.2, 0.25) is 0 Å². The maximum atomic E-state index is 13.2. The van der Waals surface area contributed by atoms with Crippen LogP contribution in [0, 0.1) is 5.82 Å². The molecular weight excluding hydrogens is 251 g/mol. The van der Waals surface area contributed by atoms with Crippen molar-refractivity contribution >= 4 is 33.8 Å². The standard InChI is InChI=1S/C10H14ClFN2OS/c1-6(16(2)15)5-14-10-4-8(12)7(11)3-9(10)13/h3-4,6,14H,5,13H2,1-2H3. The summed E-state index contributed by atoms with van der Waals surface area (Å²) in [6.07, 6.45) is 1.62. The second-order valence-electron chi connectivity index (χ2n) is 3.54. The zero-order chi connectivity index (χ0) is 12.3. The van der Waals surface area contributed by atoms with Crippen molar-refractivity contribution in [1.82, 2.24) is 0 Å². The Kier molecular flexibility index (Phi) is 4.56. The van der Waals surface area contributed by atoms with Gasteiger partial charge in [-0.05, 0) is 13.0 Å². The van der Waals surface area contributed by atoms with E-state index in [1.807, 2.05) is 6.92 Å². The zero-order valence-electron chi connectivity index (χ0n) is 9.09. The van der Waals surface area contributed by atoms with Gasteiger partial charge in [-0.3, -0.25) is 4.21 Å². The van der Waals surface area contributed by atoms with Gasteiger partial charge in [-0.15, -0.1) is 0 Å². The zero-order valence-corrected chi connectivity index (χ0v) is 10.7. The predicted molar refractivity (Wildman–Crippen MR) is 67.8 cm³/mol. The number of nitrogens with one attached hydrogen (secondary N) is 1. The Morgan fingerprint density at radius 1 is 1.62 bits per heavy atom. The summed E-state index contributed by atoms with van der Waals surface area (Å²) in [5.74, 6) is -0.524. The van der Waals surface area contributed by atoms with Gasteiger partial charge in [0.25, 0.3) is 0 Å². The van der Waals surface area contributed by atoms with Crippen molar-refractivity contribution in [3.05, 3.63) is 23.0 Å². The molecule has 3 N–H and O–H groups in total. The van der Waals surface area contributed by atoms with Crippen molar-refractivity contribution in [3.63, 3.8) is 0 Å².